The zero-order chi connectivity index (χ0) is 61.6. The van der Waals surface area contributed by atoms with E-state index in [1.807, 2.05) is 67.9 Å². The Hall–Kier alpha value is -7.89. The molecule has 0 radical (unpaired) electrons. The van der Waals surface area contributed by atoms with Crippen LogP contribution in [0.4, 0.5) is 15.4 Å². The predicted molar refractivity (Wildman–Crippen MR) is 339 cm³/mol. The molecule has 2 saturated heterocycles. The van der Waals surface area contributed by atoms with Crippen molar-refractivity contribution in [2.24, 2.45) is 5.41 Å². The summed E-state index contributed by atoms with van der Waals surface area (Å²) in [5.74, 6) is -0.172. The molecule has 2 N–H and O–H groups in total. The van der Waals surface area contributed by atoms with Crippen molar-refractivity contribution in [3.05, 3.63) is 149 Å². The van der Waals surface area contributed by atoms with Crippen LogP contribution in [0.5, 0.6) is 0 Å². The molecular weight excluding hydrogens is 1120 g/mol. The molecule has 0 unspecified atom stereocenters. The van der Waals surface area contributed by atoms with Crippen LogP contribution in [-0.2, 0) is 53.2 Å². The zero-order valence-corrected chi connectivity index (χ0v) is 53.3. The number of carbonyl (C=O) groups is 4. The summed E-state index contributed by atoms with van der Waals surface area (Å²) in [5.41, 5.74) is 6.69. The SMILES string of the molecule is COC(=O)[C@@H]1CCCN(C(=O)[C@H](Cc2nc(-c3ccc4c(c3)c(CC(C)(C)CO[Si](c3ccccc3)(c3ccccc3)C(C)(C)C)c(-c3ccnc(N5CCN(C(=O)OCc6ccccc6)CC5)c3)n4C(C)(C)C#N)cs2)NC(=O)OC(C)(C)C)N1. The van der Waals surface area contributed by atoms with Crippen LogP contribution in [0, 0.1) is 16.7 Å². The second-order valence-corrected chi connectivity index (χ2v) is 30.9. The van der Waals surface area contributed by atoms with Crippen LogP contribution in [-0.4, -0.2) is 121 Å². The maximum Gasteiger partial charge on any atom is 0.410 e. The molecule has 452 valence electrons. The number of nitrogens with zero attached hydrogens (tertiary/aromatic N) is 7. The van der Waals surface area contributed by atoms with E-state index in [9.17, 15) is 24.4 Å². The van der Waals surface area contributed by atoms with Crippen molar-refractivity contribution in [1.29, 1.82) is 5.26 Å². The number of nitrogens with one attached hydrogen (secondary N) is 2. The number of amides is 3. The lowest BCUT2D eigenvalue weighted by Crippen LogP contribution is -2.67. The number of methoxy groups -OCH3 is 1. The fourth-order valence-electron chi connectivity index (χ4n) is 11.7. The number of benzene rings is 4. The van der Waals surface area contributed by atoms with Gasteiger partial charge in [-0.15, -0.1) is 11.3 Å². The smallest absolute Gasteiger partial charge is 0.410 e. The molecule has 4 aromatic carbocycles. The summed E-state index contributed by atoms with van der Waals surface area (Å²) >= 11 is 1.37. The molecule has 3 aromatic heterocycles. The molecule has 0 saturated carbocycles. The number of ether oxygens (including phenoxy) is 3. The highest BCUT2D eigenvalue weighted by Crippen LogP contribution is 2.45. The van der Waals surface area contributed by atoms with Crippen LogP contribution in [0.2, 0.25) is 5.04 Å². The topological polar surface area (TPSA) is 193 Å². The van der Waals surface area contributed by atoms with E-state index in [-0.39, 0.29) is 24.2 Å². The Labute approximate surface area is 510 Å². The summed E-state index contributed by atoms with van der Waals surface area (Å²) in [6, 6.07) is 42.2. The van der Waals surface area contributed by atoms with E-state index in [0.29, 0.717) is 69.3 Å². The van der Waals surface area contributed by atoms with Crippen molar-refractivity contribution in [1.82, 2.24) is 35.2 Å². The van der Waals surface area contributed by atoms with E-state index < -0.39 is 54.9 Å². The number of pyridine rings is 1. The molecule has 86 heavy (non-hydrogen) atoms. The van der Waals surface area contributed by atoms with Gasteiger partial charge in [-0.3, -0.25) is 14.6 Å². The van der Waals surface area contributed by atoms with Gasteiger partial charge in [0, 0.05) is 73.8 Å². The van der Waals surface area contributed by atoms with Crippen molar-refractivity contribution < 1.29 is 37.8 Å². The van der Waals surface area contributed by atoms with Crippen molar-refractivity contribution >= 4 is 70.8 Å². The van der Waals surface area contributed by atoms with Gasteiger partial charge in [0.05, 0.1) is 35.1 Å². The molecule has 19 heteroatoms. The van der Waals surface area contributed by atoms with E-state index in [1.165, 1.54) is 33.8 Å². The monoisotopic (exact) mass is 1200 g/mol. The number of hydrogen-bond donors (Lipinski definition) is 2. The van der Waals surface area contributed by atoms with Crippen LogP contribution in [0.15, 0.2) is 133 Å². The third kappa shape index (κ3) is 14.2. The van der Waals surface area contributed by atoms with Crippen LogP contribution in [0.3, 0.4) is 0 Å². The predicted octanol–water partition coefficient (Wildman–Crippen LogP) is 10.8. The molecule has 0 aliphatic carbocycles. The lowest BCUT2D eigenvalue weighted by molar-refractivity contribution is -0.150. The highest BCUT2D eigenvalue weighted by Gasteiger charge is 2.51. The summed E-state index contributed by atoms with van der Waals surface area (Å²) in [6.45, 7) is 23.4. The Bertz CT molecular complexity index is 3530. The molecule has 7 aromatic rings. The summed E-state index contributed by atoms with van der Waals surface area (Å²) < 4.78 is 26.2. The number of hydrazine groups is 1. The molecule has 5 heterocycles. The lowest BCUT2D eigenvalue weighted by Gasteiger charge is -2.44. The van der Waals surface area contributed by atoms with Gasteiger partial charge < -0.3 is 38.3 Å². The summed E-state index contributed by atoms with van der Waals surface area (Å²) in [5, 5.41) is 20.9. The number of fused-ring (bicyclic) bond motifs is 1. The van der Waals surface area contributed by atoms with Gasteiger partial charge in [-0.05, 0) is 110 Å². The maximum absolute atomic E-state index is 14.4. The lowest BCUT2D eigenvalue weighted by atomic mass is 9.84. The van der Waals surface area contributed by atoms with E-state index >= 15 is 0 Å². The van der Waals surface area contributed by atoms with Gasteiger partial charge in [0.2, 0.25) is 0 Å². The third-order valence-electron chi connectivity index (χ3n) is 15.9. The molecule has 0 spiro atoms. The summed E-state index contributed by atoms with van der Waals surface area (Å²) in [4.78, 5) is 67.6. The molecule has 2 atom stereocenters. The average molecular weight is 1200 g/mol. The van der Waals surface area contributed by atoms with Crippen LogP contribution < -0.4 is 26.0 Å². The van der Waals surface area contributed by atoms with Gasteiger partial charge in [-0.25, -0.2) is 25.0 Å². The van der Waals surface area contributed by atoms with E-state index in [1.54, 1.807) is 25.7 Å². The quantitative estimate of drug-likeness (QED) is 0.0469. The van der Waals surface area contributed by atoms with Crippen LogP contribution in [0.25, 0.3) is 33.4 Å². The largest absolute Gasteiger partial charge is 0.468 e. The minimum absolute atomic E-state index is 0.0471. The number of piperazine rings is 1. The van der Waals surface area contributed by atoms with Crippen molar-refractivity contribution in [2.45, 2.75) is 130 Å². The van der Waals surface area contributed by atoms with Gasteiger partial charge in [0.1, 0.15) is 35.6 Å². The number of hydrogen-bond acceptors (Lipinski definition) is 14. The van der Waals surface area contributed by atoms with E-state index in [2.05, 4.69) is 140 Å². The number of esters is 1. The van der Waals surface area contributed by atoms with Crippen molar-refractivity contribution in [2.75, 3.05) is 51.3 Å². The first-order valence-electron chi connectivity index (χ1n) is 29.5. The summed E-state index contributed by atoms with van der Waals surface area (Å²) in [6.07, 6.45) is 2.35. The second-order valence-electron chi connectivity index (χ2n) is 25.6. The van der Waals surface area contributed by atoms with E-state index in [0.717, 1.165) is 44.7 Å². The molecule has 2 aliphatic rings. The number of alkyl carbamates (subject to hydrolysis) is 1. The first kappa shape index (κ1) is 62.6. The summed E-state index contributed by atoms with van der Waals surface area (Å²) in [7, 11) is -1.67. The Kier molecular flexibility index (Phi) is 18.9. The van der Waals surface area contributed by atoms with Gasteiger partial charge >= 0.3 is 18.2 Å². The fourth-order valence-corrected chi connectivity index (χ4v) is 17.3. The number of rotatable bonds is 18. The molecule has 9 rings (SSSR count). The van der Waals surface area contributed by atoms with Gasteiger partial charge in [-0.2, -0.15) is 5.26 Å². The Morgan fingerprint density at radius 3 is 2.08 bits per heavy atom. The Balaban J connectivity index is 1.11. The van der Waals surface area contributed by atoms with Crippen LogP contribution >= 0.6 is 11.3 Å². The highest BCUT2D eigenvalue weighted by molar-refractivity contribution is 7.10. The molecule has 2 aliphatic heterocycles. The average Bonchev–Trinajstić information content (AvgIpc) is 1.57. The first-order chi connectivity index (χ1) is 40.9. The number of carbonyl (C=O) groups excluding carboxylic acids is 4. The fraction of sp³-hybridized carbons (Fsp3) is 0.418. The number of aromatic nitrogens is 3. The van der Waals surface area contributed by atoms with Gasteiger partial charge in [0.25, 0.3) is 14.2 Å². The molecule has 17 nitrogen and oxygen atoms in total. The Morgan fingerprint density at radius 2 is 1.47 bits per heavy atom. The second kappa shape index (κ2) is 26.0. The third-order valence-corrected chi connectivity index (χ3v) is 21.7. The van der Waals surface area contributed by atoms with Gasteiger partial charge in [-0.1, -0.05) is 132 Å². The highest BCUT2D eigenvalue weighted by atomic mass is 32.1. The number of nitriles is 1. The molecular formula is C67H81N9O8SSi. The van der Waals surface area contributed by atoms with E-state index in [4.69, 9.17) is 28.6 Å². The van der Waals surface area contributed by atoms with Crippen molar-refractivity contribution in [3.63, 3.8) is 0 Å². The zero-order valence-electron chi connectivity index (χ0n) is 51.4. The Morgan fingerprint density at radius 1 is 0.814 bits per heavy atom. The minimum Gasteiger partial charge on any atom is -0.468 e. The first-order valence-corrected chi connectivity index (χ1v) is 32.3. The molecule has 2 fully saturated rings. The molecule has 3 amide bonds. The normalized spacial score (nSPS) is 15.7. The van der Waals surface area contributed by atoms with Crippen LogP contribution in [0.1, 0.15) is 98.2 Å². The van der Waals surface area contributed by atoms with Gasteiger partial charge in [0.15, 0.2) is 0 Å². The number of thiazole rings is 1. The minimum atomic E-state index is -2.98. The maximum atomic E-state index is 14.4. The molecule has 0 bridgehead atoms. The number of anilines is 1. The standard InChI is InChI=1S/C67H81N9O8SSi/c1-64(2,3)84-62(79)71-54(60(77)75-33-21-28-53(72-75)61(78)81-11)40-58-70-55(43-85-58)47-29-30-56-51(38-47)52(41-66(7,8)45-83-86(65(4,5)6,49-24-17-13-18-25-49)50-26-19-14-20-27-50)59(76(56)67(9,10)44-68)48-31-32-69-57(39-48)73-34-36-74(37-35-73)63(80)82-42-46-22-15-12-16-23-46/h12-20,22-27,29-32,38-39,43,53-54,72H,21,28,33-37,40-42,45H2,1-11H3,(H,71,79)/t53-,54-/m0/s1. The van der Waals surface area contributed by atoms with Crippen molar-refractivity contribution in [3.8, 4) is 28.6 Å².